The van der Waals surface area contributed by atoms with E-state index in [0.29, 0.717) is 13.1 Å². The largest absolute Gasteiger partial charge is 0.367 e. The summed E-state index contributed by atoms with van der Waals surface area (Å²) in [7, 11) is 1.78. The smallest absolute Gasteiger partial charge is 0.194 e. The first-order valence-corrected chi connectivity index (χ1v) is 10.1. The third-order valence-electron chi connectivity index (χ3n) is 5.12. The van der Waals surface area contributed by atoms with Crippen LogP contribution < -0.4 is 5.32 Å². The summed E-state index contributed by atoms with van der Waals surface area (Å²) in [6.07, 6.45) is 3.77. The Hall–Kier alpha value is -2.46. The topological polar surface area (TPSA) is 54.7 Å². The second-order valence-electron chi connectivity index (χ2n) is 7.42. The summed E-state index contributed by atoms with van der Waals surface area (Å²) in [5.74, 6) is 0.567. The molecule has 2 atom stereocenters. The van der Waals surface area contributed by atoms with Crippen LogP contribution in [0.4, 0.5) is 4.39 Å². The average molecular weight is 535 g/mol. The van der Waals surface area contributed by atoms with Crippen LogP contribution in [0.2, 0.25) is 0 Å². The van der Waals surface area contributed by atoms with Gasteiger partial charge in [-0.15, -0.1) is 24.0 Å². The fourth-order valence-corrected chi connectivity index (χ4v) is 3.67. The van der Waals surface area contributed by atoms with Gasteiger partial charge in [-0.3, -0.25) is 4.99 Å². The molecule has 31 heavy (non-hydrogen) atoms. The minimum atomic E-state index is -0.243. The van der Waals surface area contributed by atoms with Gasteiger partial charge in [-0.1, -0.05) is 30.3 Å². The van der Waals surface area contributed by atoms with Gasteiger partial charge in [-0.05, 0) is 36.8 Å². The van der Waals surface area contributed by atoms with Crippen molar-refractivity contribution in [2.75, 3.05) is 20.1 Å². The Bertz CT molecular complexity index is 993. The zero-order valence-corrected chi connectivity index (χ0v) is 19.9. The predicted octanol–water partition coefficient (Wildman–Crippen LogP) is 4.17. The fourth-order valence-electron chi connectivity index (χ4n) is 3.67. The molecule has 2 aromatic carbocycles. The van der Waals surface area contributed by atoms with Crippen LogP contribution in [0.5, 0.6) is 0 Å². The lowest BCUT2D eigenvalue weighted by atomic mass is 10.1. The molecule has 1 N–H and O–H groups in total. The molecule has 1 aromatic heterocycles. The summed E-state index contributed by atoms with van der Waals surface area (Å²) in [4.78, 5) is 6.64. The van der Waals surface area contributed by atoms with Crippen LogP contribution >= 0.6 is 24.0 Å². The minimum absolute atomic E-state index is 0. The quantitative estimate of drug-likeness (QED) is 0.310. The number of aromatic nitrogens is 2. The van der Waals surface area contributed by atoms with Gasteiger partial charge in [-0.2, -0.15) is 5.10 Å². The zero-order chi connectivity index (χ0) is 20.9. The standard InChI is InChI=1S/C23H26FN5O.HI/c1-17-14-28(16-22(30-17)19-8-10-20(24)11-9-19)23(25-2)26-12-18-13-27-29(15-18)21-6-4-3-5-7-21;/h3-11,13,15,17,22H,12,14,16H2,1-2H3,(H,25,26);1H. The van der Waals surface area contributed by atoms with Gasteiger partial charge in [-0.25, -0.2) is 9.07 Å². The highest BCUT2D eigenvalue weighted by Crippen LogP contribution is 2.25. The SMILES string of the molecule is CN=C(NCc1cnn(-c2ccccc2)c1)N1CC(C)OC(c2ccc(F)cc2)C1.I. The lowest BCUT2D eigenvalue weighted by Crippen LogP contribution is -2.50. The number of halogens is 2. The first-order valence-electron chi connectivity index (χ1n) is 10.1. The molecule has 0 aliphatic carbocycles. The summed E-state index contributed by atoms with van der Waals surface area (Å²) in [6, 6.07) is 16.5. The molecule has 4 rings (SSSR count). The maximum absolute atomic E-state index is 13.3. The number of rotatable bonds is 4. The summed E-state index contributed by atoms with van der Waals surface area (Å²) in [6.45, 7) is 4.05. The molecule has 6 nitrogen and oxygen atoms in total. The Labute approximate surface area is 199 Å². The maximum Gasteiger partial charge on any atom is 0.194 e. The number of guanidine groups is 1. The number of nitrogens with one attached hydrogen (secondary N) is 1. The summed E-state index contributed by atoms with van der Waals surface area (Å²) in [5.41, 5.74) is 3.06. The first kappa shape index (κ1) is 23.2. The fraction of sp³-hybridized carbons (Fsp3) is 0.304. The lowest BCUT2D eigenvalue weighted by Gasteiger charge is -2.38. The van der Waals surface area contributed by atoms with Crippen molar-refractivity contribution in [2.24, 2.45) is 4.99 Å². The van der Waals surface area contributed by atoms with Gasteiger partial charge in [0.2, 0.25) is 0 Å². The molecule has 2 heterocycles. The van der Waals surface area contributed by atoms with Gasteiger partial charge in [0.05, 0.1) is 24.5 Å². The van der Waals surface area contributed by atoms with Gasteiger partial charge in [0.15, 0.2) is 5.96 Å². The molecule has 1 fully saturated rings. The minimum Gasteiger partial charge on any atom is -0.367 e. The predicted molar refractivity (Wildman–Crippen MR) is 130 cm³/mol. The normalized spacial score (nSPS) is 19.1. The van der Waals surface area contributed by atoms with Crippen molar-refractivity contribution in [3.8, 4) is 5.69 Å². The van der Waals surface area contributed by atoms with E-state index in [4.69, 9.17) is 4.74 Å². The lowest BCUT2D eigenvalue weighted by molar-refractivity contribution is -0.0605. The van der Waals surface area contributed by atoms with E-state index in [1.807, 2.05) is 54.3 Å². The molecular formula is C23H27FIN5O. The molecule has 0 radical (unpaired) electrons. The first-order chi connectivity index (χ1) is 14.6. The van der Waals surface area contributed by atoms with E-state index in [1.165, 1.54) is 12.1 Å². The molecule has 164 valence electrons. The van der Waals surface area contributed by atoms with Crippen LogP contribution in [0.25, 0.3) is 5.69 Å². The van der Waals surface area contributed by atoms with Crippen molar-refractivity contribution >= 4 is 29.9 Å². The number of morpholine rings is 1. The Balaban J connectivity index is 0.00000272. The molecule has 0 saturated carbocycles. The van der Waals surface area contributed by atoms with Crippen LogP contribution in [0.15, 0.2) is 72.0 Å². The second-order valence-corrected chi connectivity index (χ2v) is 7.42. The maximum atomic E-state index is 13.3. The average Bonchev–Trinajstić information content (AvgIpc) is 3.24. The van der Waals surface area contributed by atoms with Crippen molar-refractivity contribution in [2.45, 2.75) is 25.7 Å². The van der Waals surface area contributed by atoms with E-state index in [2.05, 4.69) is 20.3 Å². The van der Waals surface area contributed by atoms with E-state index in [9.17, 15) is 4.39 Å². The molecule has 0 bridgehead atoms. The Morgan fingerprint density at radius 1 is 1.16 bits per heavy atom. The highest BCUT2D eigenvalue weighted by atomic mass is 127. The Kier molecular flexibility index (Phi) is 8.03. The Morgan fingerprint density at radius 3 is 2.61 bits per heavy atom. The van der Waals surface area contributed by atoms with E-state index in [1.54, 1.807) is 19.2 Å². The van der Waals surface area contributed by atoms with Gasteiger partial charge < -0.3 is 15.0 Å². The van der Waals surface area contributed by atoms with Crippen LogP contribution in [-0.4, -0.2) is 46.9 Å². The number of para-hydroxylation sites is 1. The summed E-state index contributed by atoms with van der Waals surface area (Å²) >= 11 is 0. The number of hydrogen-bond donors (Lipinski definition) is 1. The zero-order valence-electron chi connectivity index (χ0n) is 17.6. The molecule has 0 amide bonds. The highest BCUT2D eigenvalue weighted by Gasteiger charge is 2.28. The molecule has 3 aromatic rings. The van der Waals surface area contributed by atoms with Gasteiger partial charge in [0.25, 0.3) is 0 Å². The molecule has 2 unspecified atom stereocenters. The van der Waals surface area contributed by atoms with Gasteiger partial charge >= 0.3 is 0 Å². The molecular weight excluding hydrogens is 508 g/mol. The number of benzene rings is 2. The monoisotopic (exact) mass is 535 g/mol. The van der Waals surface area contributed by atoms with Crippen LogP contribution in [0.1, 0.15) is 24.2 Å². The van der Waals surface area contributed by atoms with Gasteiger partial charge in [0, 0.05) is 31.9 Å². The molecule has 8 heteroatoms. The molecule has 1 saturated heterocycles. The molecule has 1 aliphatic rings. The third-order valence-corrected chi connectivity index (χ3v) is 5.12. The van der Waals surface area contributed by atoms with Gasteiger partial charge in [0.1, 0.15) is 11.9 Å². The van der Waals surface area contributed by atoms with Crippen LogP contribution in [-0.2, 0) is 11.3 Å². The molecule has 1 aliphatic heterocycles. The highest BCUT2D eigenvalue weighted by molar-refractivity contribution is 14.0. The van der Waals surface area contributed by atoms with E-state index < -0.39 is 0 Å². The number of aliphatic imine (C=N–C) groups is 1. The van der Waals surface area contributed by atoms with Crippen molar-refractivity contribution in [3.63, 3.8) is 0 Å². The van der Waals surface area contributed by atoms with Crippen molar-refractivity contribution in [1.82, 2.24) is 20.0 Å². The van der Waals surface area contributed by atoms with Crippen molar-refractivity contribution in [1.29, 1.82) is 0 Å². The Morgan fingerprint density at radius 2 is 1.90 bits per heavy atom. The van der Waals surface area contributed by atoms with E-state index >= 15 is 0 Å². The number of hydrogen-bond acceptors (Lipinski definition) is 3. The van der Waals surface area contributed by atoms with E-state index in [0.717, 1.165) is 29.3 Å². The summed E-state index contributed by atoms with van der Waals surface area (Å²) < 4.78 is 21.2. The second kappa shape index (κ2) is 10.7. The number of ether oxygens (including phenoxy) is 1. The number of nitrogens with zero attached hydrogens (tertiary/aromatic N) is 4. The van der Waals surface area contributed by atoms with Crippen LogP contribution in [0.3, 0.4) is 0 Å². The van der Waals surface area contributed by atoms with Crippen molar-refractivity contribution < 1.29 is 9.13 Å². The third kappa shape index (κ3) is 5.82. The van der Waals surface area contributed by atoms with E-state index in [-0.39, 0.29) is 42.0 Å². The summed E-state index contributed by atoms with van der Waals surface area (Å²) in [5, 5.41) is 7.88. The van der Waals surface area contributed by atoms with Crippen molar-refractivity contribution in [3.05, 3.63) is 83.9 Å². The molecule has 0 spiro atoms. The van der Waals surface area contributed by atoms with Crippen LogP contribution in [0, 0.1) is 5.82 Å².